The summed E-state index contributed by atoms with van der Waals surface area (Å²) >= 11 is 0. The minimum atomic E-state index is -0.505. The average molecular weight is 369 g/mol. The summed E-state index contributed by atoms with van der Waals surface area (Å²) in [4.78, 5) is 35.7. The molecule has 0 saturated heterocycles. The van der Waals surface area contributed by atoms with Crippen LogP contribution in [0, 0.1) is 6.92 Å². The predicted molar refractivity (Wildman–Crippen MR) is 102 cm³/mol. The predicted octanol–water partition coefficient (Wildman–Crippen LogP) is 3.54. The second kappa shape index (κ2) is 10.1. The third kappa shape index (κ3) is 6.58. The Bertz CT molecular complexity index is 816. The minimum absolute atomic E-state index is 0.0760. The lowest BCUT2D eigenvalue weighted by molar-refractivity contribution is -0.142. The van der Waals surface area contributed by atoms with E-state index in [1.54, 1.807) is 24.3 Å². The lowest BCUT2D eigenvalue weighted by Gasteiger charge is -2.08. The van der Waals surface area contributed by atoms with E-state index >= 15 is 0 Å². The van der Waals surface area contributed by atoms with E-state index in [4.69, 9.17) is 9.47 Å². The number of carbonyl (C=O) groups is 3. The number of ether oxygens (including phenoxy) is 2. The minimum Gasteiger partial charge on any atom is -0.497 e. The van der Waals surface area contributed by atoms with Crippen molar-refractivity contribution in [3.63, 3.8) is 0 Å². The van der Waals surface area contributed by atoms with Crippen LogP contribution in [0.5, 0.6) is 5.75 Å². The van der Waals surface area contributed by atoms with Crippen molar-refractivity contribution < 1.29 is 23.9 Å². The van der Waals surface area contributed by atoms with Crippen molar-refractivity contribution in [2.75, 3.05) is 19.0 Å². The summed E-state index contributed by atoms with van der Waals surface area (Å²) in [6.07, 6.45) is 0.629. The number of para-hydroxylation sites is 1. The van der Waals surface area contributed by atoms with Gasteiger partial charge in [-0.25, -0.2) is 0 Å². The molecule has 0 heterocycles. The molecular weight excluding hydrogens is 346 g/mol. The van der Waals surface area contributed by atoms with Crippen LogP contribution in [0.4, 0.5) is 5.69 Å². The molecule has 0 spiro atoms. The Labute approximate surface area is 158 Å². The first kappa shape index (κ1) is 20.2. The number of Topliss-reactive ketones (excluding diaryl/α,β-unsaturated/α-hetero) is 1. The summed E-state index contributed by atoms with van der Waals surface area (Å²) < 4.78 is 10.0. The number of ketones is 1. The highest BCUT2D eigenvalue weighted by Gasteiger charge is 2.12. The number of esters is 1. The molecule has 0 radical (unpaired) electrons. The summed E-state index contributed by atoms with van der Waals surface area (Å²) in [6, 6.07) is 14.1. The summed E-state index contributed by atoms with van der Waals surface area (Å²) in [5.74, 6) is -0.411. The molecule has 142 valence electrons. The van der Waals surface area contributed by atoms with Gasteiger partial charge >= 0.3 is 5.97 Å². The molecule has 0 saturated carbocycles. The van der Waals surface area contributed by atoms with Gasteiger partial charge in [0.05, 0.1) is 7.11 Å². The normalized spacial score (nSPS) is 10.1. The standard InChI is InChI=1S/C21H23NO5/c1-15-7-3-4-10-18(15)22-20(24)11-6-12-21(25)27-14-19(23)16-8-5-9-17(13-16)26-2/h3-5,7-10,13H,6,11-12,14H2,1-2H3,(H,22,24). The number of methoxy groups -OCH3 is 1. The Morgan fingerprint density at radius 1 is 1.00 bits per heavy atom. The Kier molecular flexibility index (Phi) is 7.55. The summed E-state index contributed by atoms with van der Waals surface area (Å²) in [5.41, 5.74) is 2.15. The maximum Gasteiger partial charge on any atom is 0.306 e. The second-order valence-corrected chi connectivity index (χ2v) is 6.03. The molecule has 2 rings (SSSR count). The molecule has 2 aromatic rings. The topological polar surface area (TPSA) is 81.7 Å². The lowest BCUT2D eigenvalue weighted by atomic mass is 10.1. The molecule has 0 aliphatic carbocycles. The van der Waals surface area contributed by atoms with Crippen molar-refractivity contribution in [2.24, 2.45) is 0 Å². The van der Waals surface area contributed by atoms with Crippen molar-refractivity contribution in [3.05, 3.63) is 59.7 Å². The monoisotopic (exact) mass is 369 g/mol. The first-order chi connectivity index (χ1) is 13.0. The molecule has 0 bridgehead atoms. The zero-order chi connectivity index (χ0) is 19.6. The maximum absolute atomic E-state index is 12.0. The van der Waals surface area contributed by atoms with E-state index in [-0.39, 0.29) is 31.1 Å². The summed E-state index contributed by atoms with van der Waals surface area (Å²) in [7, 11) is 1.51. The van der Waals surface area contributed by atoms with Gasteiger partial charge in [0.1, 0.15) is 5.75 Å². The fraction of sp³-hybridized carbons (Fsp3) is 0.286. The van der Waals surface area contributed by atoms with Gasteiger partial charge in [-0.2, -0.15) is 0 Å². The van der Waals surface area contributed by atoms with E-state index in [1.807, 2.05) is 31.2 Å². The van der Waals surface area contributed by atoms with Crippen molar-refractivity contribution >= 4 is 23.3 Å². The van der Waals surface area contributed by atoms with Crippen LogP contribution in [0.25, 0.3) is 0 Å². The molecule has 1 amide bonds. The number of benzene rings is 2. The fourth-order valence-corrected chi connectivity index (χ4v) is 2.42. The molecule has 0 unspecified atom stereocenters. The van der Waals surface area contributed by atoms with Crippen LogP contribution in [0.1, 0.15) is 35.2 Å². The number of rotatable bonds is 9. The highest BCUT2D eigenvalue weighted by atomic mass is 16.5. The van der Waals surface area contributed by atoms with Crippen LogP contribution in [0.3, 0.4) is 0 Å². The number of carbonyl (C=O) groups excluding carboxylic acids is 3. The van der Waals surface area contributed by atoms with Gasteiger partial charge in [-0.15, -0.1) is 0 Å². The highest BCUT2D eigenvalue weighted by Crippen LogP contribution is 2.14. The van der Waals surface area contributed by atoms with Crippen molar-refractivity contribution in [3.8, 4) is 5.75 Å². The van der Waals surface area contributed by atoms with Gasteiger partial charge in [0.2, 0.25) is 5.91 Å². The third-order valence-electron chi connectivity index (χ3n) is 3.96. The Hall–Kier alpha value is -3.15. The molecule has 6 nitrogen and oxygen atoms in total. The number of hydrogen-bond acceptors (Lipinski definition) is 5. The number of anilines is 1. The highest BCUT2D eigenvalue weighted by molar-refractivity contribution is 5.98. The van der Waals surface area contributed by atoms with Crippen LogP contribution >= 0.6 is 0 Å². The van der Waals surface area contributed by atoms with Crippen molar-refractivity contribution in [1.82, 2.24) is 0 Å². The SMILES string of the molecule is COc1cccc(C(=O)COC(=O)CCCC(=O)Nc2ccccc2C)c1. The van der Waals surface area contributed by atoms with Gasteiger partial charge < -0.3 is 14.8 Å². The largest absolute Gasteiger partial charge is 0.497 e. The molecule has 2 aromatic carbocycles. The molecule has 0 aliphatic rings. The van der Waals surface area contributed by atoms with E-state index in [0.29, 0.717) is 17.7 Å². The molecule has 1 N–H and O–H groups in total. The molecular formula is C21H23NO5. The second-order valence-electron chi connectivity index (χ2n) is 6.03. The van der Waals surface area contributed by atoms with E-state index in [2.05, 4.69) is 5.32 Å². The van der Waals surface area contributed by atoms with Gasteiger partial charge in [0, 0.05) is 24.1 Å². The molecule has 0 aromatic heterocycles. The fourth-order valence-electron chi connectivity index (χ4n) is 2.42. The first-order valence-electron chi connectivity index (χ1n) is 8.68. The van der Waals surface area contributed by atoms with Gasteiger partial charge in [0.15, 0.2) is 12.4 Å². The quantitative estimate of drug-likeness (QED) is 0.540. The third-order valence-corrected chi connectivity index (χ3v) is 3.96. The molecule has 6 heteroatoms. The Balaban J connectivity index is 1.69. The molecule has 0 fully saturated rings. The van der Waals surface area contributed by atoms with Crippen molar-refractivity contribution in [1.29, 1.82) is 0 Å². The number of amides is 1. The van der Waals surface area contributed by atoms with Crippen LogP contribution in [0.2, 0.25) is 0 Å². The lowest BCUT2D eigenvalue weighted by Crippen LogP contribution is -2.16. The van der Waals surface area contributed by atoms with E-state index in [9.17, 15) is 14.4 Å². The van der Waals surface area contributed by atoms with Crippen molar-refractivity contribution in [2.45, 2.75) is 26.2 Å². The van der Waals surface area contributed by atoms with Crippen LogP contribution in [0.15, 0.2) is 48.5 Å². The molecule has 0 atom stereocenters. The van der Waals surface area contributed by atoms with Crippen LogP contribution < -0.4 is 10.1 Å². The zero-order valence-corrected chi connectivity index (χ0v) is 15.5. The first-order valence-corrected chi connectivity index (χ1v) is 8.68. The van der Waals surface area contributed by atoms with Gasteiger partial charge in [-0.1, -0.05) is 30.3 Å². The number of aryl methyl sites for hydroxylation is 1. The van der Waals surface area contributed by atoms with Gasteiger partial charge in [-0.3, -0.25) is 14.4 Å². The van der Waals surface area contributed by atoms with E-state index in [1.165, 1.54) is 7.11 Å². The van der Waals surface area contributed by atoms with Crippen LogP contribution in [-0.2, 0) is 14.3 Å². The summed E-state index contributed by atoms with van der Waals surface area (Å²) in [6.45, 7) is 1.58. The summed E-state index contributed by atoms with van der Waals surface area (Å²) in [5, 5.41) is 2.81. The van der Waals surface area contributed by atoms with Gasteiger partial charge in [-0.05, 0) is 37.1 Å². The number of hydrogen-bond donors (Lipinski definition) is 1. The zero-order valence-electron chi connectivity index (χ0n) is 15.5. The molecule has 0 aliphatic heterocycles. The van der Waals surface area contributed by atoms with E-state index < -0.39 is 5.97 Å². The Morgan fingerprint density at radius 3 is 2.52 bits per heavy atom. The average Bonchev–Trinajstić information content (AvgIpc) is 2.68. The van der Waals surface area contributed by atoms with Crippen LogP contribution in [-0.4, -0.2) is 31.4 Å². The van der Waals surface area contributed by atoms with Gasteiger partial charge in [0.25, 0.3) is 0 Å². The Morgan fingerprint density at radius 2 is 1.78 bits per heavy atom. The molecule has 27 heavy (non-hydrogen) atoms. The maximum atomic E-state index is 12.0. The smallest absolute Gasteiger partial charge is 0.306 e. The van der Waals surface area contributed by atoms with E-state index in [0.717, 1.165) is 11.3 Å². The number of nitrogens with one attached hydrogen (secondary N) is 1.